The van der Waals surface area contributed by atoms with Gasteiger partial charge in [0.25, 0.3) is 11.8 Å². The summed E-state index contributed by atoms with van der Waals surface area (Å²) in [7, 11) is 0. The summed E-state index contributed by atoms with van der Waals surface area (Å²) in [5, 5.41) is 13.9. The third kappa shape index (κ3) is 9.46. The number of pyridine rings is 2. The van der Waals surface area contributed by atoms with Crippen molar-refractivity contribution in [3.63, 3.8) is 0 Å². The molecule has 4 aliphatic heterocycles. The minimum absolute atomic E-state index is 0.0283. The van der Waals surface area contributed by atoms with Crippen LogP contribution in [0.5, 0.6) is 0 Å². The van der Waals surface area contributed by atoms with E-state index >= 15 is 0 Å². The molecule has 72 heavy (non-hydrogen) atoms. The number of carbonyl (C=O) groups is 4. The third-order valence-corrected chi connectivity index (χ3v) is 16.5. The van der Waals surface area contributed by atoms with E-state index in [0.717, 1.165) is 88.7 Å². The number of para-hydroxylation sites is 2. The Hall–Kier alpha value is -7.34. The van der Waals surface area contributed by atoms with Crippen LogP contribution in [0.3, 0.4) is 0 Å². The highest BCUT2D eigenvalue weighted by Gasteiger charge is 2.50. The lowest BCUT2D eigenvalue weighted by molar-refractivity contribution is -0.139. The maximum Gasteiger partial charge on any atom is 0.251 e. The molecule has 4 N–H and O–H groups in total. The molecule has 2 aromatic heterocycles. The first-order chi connectivity index (χ1) is 35.4. The smallest absolute Gasteiger partial charge is 0.251 e. The summed E-state index contributed by atoms with van der Waals surface area (Å²) in [6.07, 6.45) is 16.7. The molecule has 4 aromatic carbocycles. The third-order valence-electron chi connectivity index (χ3n) is 16.5. The number of anilines is 2. The highest BCUT2D eigenvalue weighted by Crippen LogP contribution is 2.53. The zero-order valence-corrected chi connectivity index (χ0v) is 40.7. The summed E-state index contributed by atoms with van der Waals surface area (Å²) in [5.41, 5.74) is 8.27. The van der Waals surface area contributed by atoms with Crippen molar-refractivity contribution >= 4 is 35.0 Å². The predicted octanol–water partition coefficient (Wildman–Crippen LogP) is 10.3. The molecule has 0 unspecified atom stereocenters. The van der Waals surface area contributed by atoms with Gasteiger partial charge in [0.05, 0.1) is 36.0 Å². The number of fused-ring (bicyclic) bond motifs is 6. The Morgan fingerprint density at radius 3 is 1.24 bits per heavy atom. The minimum Gasteiger partial charge on any atom is -0.378 e. The van der Waals surface area contributed by atoms with Gasteiger partial charge in [-0.15, -0.1) is 0 Å². The number of hydrogen-bond acceptors (Lipinski definition) is 8. The van der Waals surface area contributed by atoms with Crippen LogP contribution >= 0.6 is 0 Å². The summed E-state index contributed by atoms with van der Waals surface area (Å²) >= 11 is 0. The molecule has 368 valence electrons. The molecule has 2 saturated heterocycles. The highest BCUT2D eigenvalue weighted by molar-refractivity contribution is 5.95. The zero-order valence-electron chi connectivity index (χ0n) is 40.7. The van der Waals surface area contributed by atoms with Crippen molar-refractivity contribution in [2.45, 2.75) is 100 Å². The summed E-state index contributed by atoms with van der Waals surface area (Å²) in [4.78, 5) is 66.9. The summed E-state index contributed by atoms with van der Waals surface area (Å²) in [5.74, 6) is 0.378. The van der Waals surface area contributed by atoms with Gasteiger partial charge in [0, 0.05) is 84.3 Å². The number of hydrogen-bond donors (Lipinski definition) is 4. The molecule has 0 radical (unpaired) electrons. The molecular weight excluding hydrogens is 897 g/mol. The van der Waals surface area contributed by atoms with Crippen LogP contribution in [0.15, 0.2) is 158 Å². The van der Waals surface area contributed by atoms with Crippen LogP contribution in [0.4, 0.5) is 11.4 Å². The van der Waals surface area contributed by atoms with Crippen molar-refractivity contribution in [3.8, 4) is 0 Å². The van der Waals surface area contributed by atoms with Gasteiger partial charge in [-0.1, -0.05) is 98.5 Å². The second kappa shape index (κ2) is 21.2. The van der Waals surface area contributed by atoms with E-state index in [4.69, 9.17) is 0 Å². The van der Waals surface area contributed by atoms with E-state index in [1.807, 2.05) is 97.6 Å². The van der Waals surface area contributed by atoms with Crippen LogP contribution in [0.2, 0.25) is 0 Å². The normalized spacial score (nSPS) is 26.9. The standard InChI is InChI=1S/2C30H32N4O2/c2*35-29(21-8-2-1-3-9-21)33-26-13-7-5-11-23(26)30(36)34-19-16-24-27(20-14-17-31-18-15-20)32-25-12-6-4-10-22(25)28(24)34/h2*1-4,6,8-10,12,14-15,17-18,23-24,26-28,32H,5,7,11,13,16,19H2,(H,33,35)/t23-,24+,26+,27-,28-;23-,24-,26+,27+,28+/m00/s1. The second-order valence-electron chi connectivity index (χ2n) is 20.5. The van der Waals surface area contributed by atoms with Gasteiger partial charge in [-0.2, -0.15) is 0 Å². The van der Waals surface area contributed by atoms with Crippen molar-refractivity contribution < 1.29 is 19.2 Å². The fourth-order valence-electron chi connectivity index (χ4n) is 13.1. The number of carbonyl (C=O) groups excluding carboxylic acids is 4. The van der Waals surface area contributed by atoms with Crippen LogP contribution in [0, 0.1) is 23.7 Å². The SMILES string of the molecule is O=C(N[C@@H]1CCCC[C@@H]1C(=O)N1CC[C@@H]2[C@H](c3ccncc3)Nc3ccccc3[C@@H]21)c1ccccc1.O=C(N[C@@H]1CCCC[C@@H]1C(=O)N1CC[C@H]2[C@@H](c3ccncc3)Nc3ccccc3[C@H]21)c1ccccc1. The molecule has 12 rings (SSSR count). The first kappa shape index (κ1) is 47.0. The van der Waals surface area contributed by atoms with Gasteiger partial charge in [0.2, 0.25) is 11.8 Å². The van der Waals surface area contributed by atoms with Gasteiger partial charge in [-0.3, -0.25) is 29.1 Å². The van der Waals surface area contributed by atoms with Crippen LogP contribution in [0.25, 0.3) is 0 Å². The molecule has 6 aliphatic rings. The largest absolute Gasteiger partial charge is 0.378 e. The van der Waals surface area contributed by atoms with E-state index in [0.29, 0.717) is 11.1 Å². The van der Waals surface area contributed by atoms with Crippen molar-refractivity contribution in [1.82, 2.24) is 30.4 Å². The minimum atomic E-state index is -0.188. The molecule has 12 nitrogen and oxygen atoms in total. The van der Waals surface area contributed by atoms with Crippen LogP contribution in [0.1, 0.15) is 131 Å². The van der Waals surface area contributed by atoms with Crippen molar-refractivity contribution in [1.29, 1.82) is 0 Å². The molecule has 6 aromatic rings. The average Bonchev–Trinajstić information content (AvgIpc) is 4.11. The van der Waals surface area contributed by atoms with E-state index in [1.165, 1.54) is 22.3 Å². The van der Waals surface area contributed by atoms with Crippen molar-refractivity contribution in [2.24, 2.45) is 23.7 Å². The van der Waals surface area contributed by atoms with Gasteiger partial charge in [0.15, 0.2) is 0 Å². The predicted molar refractivity (Wildman–Crippen MR) is 279 cm³/mol. The number of nitrogens with one attached hydrogen (secondary N) is 4. The molecule has 6 heterocycles. The fourth-order valence-corrected chi connectivity index (χ4v) is 13.1. The molecule has 4 amide bonds. The molecule has 4 fully saturated rings. The summed E-state index contributed by atoms with van der Waals surface area (Å²) in [6.45, 7) is 1.48. The van der Waals surface area contributed by atoms with E-state index in [-0.39, 0.29) is 83.6 Å². The lowest BCUT2D eigenvalue weighted by Gasteiger charge is -2.42. The van der Waals surface area contributed by atoms with Gasteiger partial charge >= 0.3 is 0 Å². The Kier molecular flexibility index (Phi) is 13.8. The Balaban J connectivity index is 0.000000156. The Morgan fingerprint density at radius 1 is 0.444 bits per heavy atom. The summed E-state index contributed by atoms with van der Waals surface area (Å²) in [6, 6.07) is 43.7. The molecule has 12 heteroatoms. The highest BCUT2D eigenvalue weighted by atomic mass is 16.2. The number of aromatic nitrogens is 2. The molecule has 0 spiro atoms. The maximum absolute atomic E-state index is 14.2. The van der Waals surface area contributed by atoms with E-state index in [1.54, 1.807) is 0 Å². The fraction of sp³-hybridized carbons (Fsp3) is 0.367. The lowest BCUT2D eigenvalue weighted by Crippen LogP contribution is -2.50. The van der Waals surface area contributed by atoms with Crippen LogP contribution < -0.4 is 21.3 Å². The Morgan fingerprint density at radius 2 is 0.819 bits per heavy atom. The van der Waals surface area contributed by atoms with Gasteiger partial charge in [-0.25, -0.2) is 0 Å². The van der Waals surface area contributed by atoms with Gasteiger partial charge in [-0.05, 0) is 121 Å². The van der Waals surface area contributed by atoms with Crippen molar-refractivity contribution in [2.75, 3.05) is 23.7 Å². The monoisotopic (exact) mass is 961 g/mol. The molecule has 0 bridgehead atoms. The average molecular weight is 961 g/mol. The number of amides is 4. The van der Waals surface area contributed by atoms with Gasteiger partial charge < -0.3 is 31.1 Å². The second-order valence-corrected chi connectivity index (χ2v) is 20.5. The Bertz CT molecular complexity index is 2660. The quantitative estimate of drug-likeness (QED) is 0.118. The number of likely N-dealkylation sites (tertiary alicyclic amines) is 2. The molecule has 2 saturated carbocycles. The molecule has 2 aliphatic carbocycles. The van der Waals surface area contributed by atoms with E-state index in [2.05, 4.69) is 102 Å². The summed E-state index contributed by atoms with van der Waals surface area (Å²) < 4.78 is 0. The van der Waals surface area contributed by atoms with E-state index < -0.39 is 0 Å². The number of nitrogens with zero attached hydrogens (tertiary/aromatic N) is 4. The van der Waals surface area contributed by atoms with Crippen LogP contribution in [-0.2, 0) is 9.59 Å². The topological polar surface area (TPSA) is 149 Å². The zero-order chi connectivity index (χ0) is 49.0. The maximum atomic E-state index is 14.2. The first-order valence-electron chi connectivity index (χ1n) is 26.2. The van der Waals surface area contributed by atoms with Crippen molar-refractivity contribution in [3.05, 3.63) is 192 Å². The van der Waals surface area contributed by atoms with Crippen LogP contribution in [-0.4, -0.2) is 68.6 Å². The number of benzene rings is 4. The molecule has 10 atom stereocenters. The van der Waals surface area contributed by atoms with E-state index in [9.17, 15) is 19.2 Å². The lowest BCUT2D eigenvalue weighted by atomic mass is 9.79. The Labute approximate surface area is 422 Å². The number of rotatable bonds is 8. The molecular formula is C60H64N8O4. The first-order valence-corrected chi connectivity index (χ1v) is 26.2. The van der Waals surface area contributed by atoms with Gasteiger partial charge in [0.1, 0.15) is 0 Å².